The van der Waals surface area contributed by atoms with Crippen LogP contribution in [0.25, 0.3) is 0 Å². The van der Waals surface area contributed by atoms with E-state index in [4.69, 9.17) is 4.74 Å². The van der Waals surface area contributed by atoms with E-state index in [1.54, 1.807) is 0 Å². The number of carbonyl (C=O) groups excluding carboxylic acids is 1. The predicted octanol–water partition coefficient (Wildman–Crippen LogP) is 2.73. The molecule has 2 aromatic rings. The molecule has 2 heterocycles. The third kappa shape index (κ3) is 3.10. The number of aliphatic carboxylic acids is 1. The van der Waals surface area contributed by atoms with Crippen LogP contribution in [0.2, 0.25) is 0 Å². The predicted molar refractivity (Wildman–Crippen MR) is 95.6 cm³/mol. The third-order valence-electron chi connectivity index (χ3n) is 5.31. The van der Waals surface area contributed by atoms with Gasteiger partial charge in [-0.15, -0.1) is 0 Å². The summed E-state index contributed by atoms with van der Waals surface area (Å²) in [7, 11) is 0. The Kier molecular flexibility index (Phi) is 4.47. The van der Waals surface area contributed by atoms with E-state index in [9.17, 15) is 14.7 Å². The Bertz CT molecular complexity index is 847. The van der Waals surface area contributed by atoms with Crippen LogP contribution in [0.4, 0.5) is 0 Å². The second-order valence-electron chi connectivity index (χ2n) is 6.86. The van der Waals surface area contributed by atoms with Crippen LogP contribution in [-0.2, 0) is 33.7 Å². The van der Waals surface area contributed by atoms with Gasteiger partial charge in [0.1, 0.15) is 6.04 Å². The summed E-state index contributed by atoms with van der Waals surface area (Å²) in [6.45, 7) is 0.917. The summed E-state index contributed by atoms with van der Waals surface area (Å²) in [4.78, 5) is 26.2. The van der Waals surface area contributed by atoms with Crippen molar-refractivity contribution < 1.29 is 19.4 Å². The molecular weight excluding hydrogens is 330 g/mol. The molecule has 0 saturated heterocycles. The summed E-state index contributed by atoms with van der Waals surface area (Å²) < 4.78 is 5.84. The Labute approximate surface area is 152 Å². The maximum absolute atomic E-state index is 13.0. The number of rotatable bonds is 3. The van der Waals surface area contributed by atoms with Crippen molar-refractivity contribution in [1.29, 1.82) is 0 Å². The molecule has 0 radical (unpaired) electrons. The molecule has 0 bridgehead atoms. The number of carboxylic acid groups (broad SMARTS) is 1. The molecule has 1 amide bonds. The van der Waals surface area contributed by atoms with Crippen LogP contribution in [0.3, 0.4) is 0 Å². The van der Waals surface area contributed by atoms with Gasteiger partial charge in [0.15, 0.2) is 0 Å². The van der Waals surface area contributed by atoms with Crippen molar-refractivity contribution in [2.45, 2.75) is 38.0 Å². The molecule has 5 nitrogen and oxygen atoms in total. The summed E-state index contributed by atoms with van der Waals surface area (Å²) >= 11 is 0. The smallest absolute Gasteiger partial charge is 0.326 e. The molecule has 0 aromatic heterocycles. The lowest BCUT2D eigenvalue weighted by Crippen LogP contribution is -2.49. The maximum Gasteiger partial charge on any atom is 0.326 e. The fourth-order valence-electron chi connectivity index (χ4n) is 3.93. The minimum Gasteiger partial charge on any atom is -0.480 e. The van der Waals surface area contributed by atoms with Crippen LogP contribution in [0.5, 0.6) is 0 Å². The summed E-state index contributed by atoms with van der Waals surface area (Å²) in [6.07, 6.45) is 1.05. The van der Waals surface area contributed by atoms with Gasteiger partial charge in [-0.1, -0.05) is 48.5 Å². The van der Waals surface area contributed by atoms with Crippen molar-refractivity contribution >= 4 is 11.9 Å². The molecule has 0 fully saturated rings. The molecule has 0 unspecified atom stereocenters. The normalized spacial score (nSPS) is 21.6. The molecule has 2 atom stereocenters. The second-order valence-corrected chi connectivity index (χ2v) is 6.86. The van der Waals surface area contributed by atoms with Gasteiger partial charge in [-0.3, -0.25) is 4.79 Å². The van der Waals surface area contributed by atoms with Crippen LogP contribution in [0.1, 0.15) is 34.8 Å². The molecule has 5 heteroatoms. The fourth-order valence-corrected chi connectivity index (χ4v) is 3.93. The van der Waals surface area contributed by atoms with Gasteiger partial charge in [0.25, 0.3) is 0 Å². The first-order valence-electron chi connectivity index (χ1n) is 8.92. The van der Waals surface area contributed by atoms with Gasteiger partial charge >= 0.3 is 5.97 Å². The van der Waals surface area contributed by atoms with Crippen molar-refractivity contribution in [3.05, 3.63) is 70.8 Å². The molecule has 2 aromatic carbocycles. The highest BCUT2D eigenvalue weighted by Gasteiger charge is 2.36. The van der Waals surface area contributed by atoms with E-state index in [0.717, 1.165) is 23.1 Å². The van der Waals surface area contributed by atoms with Crippen LogP contribution >= 0.6 is 0 Å². The number of benzene rings is 2. The van der Waals surface area contributed by atoms with E-state index in [0.29, 0.717) is 19.6 Å². The quantitative estimate of drug-likeness (QED) is 0.923. The van der Waals surface area contributed by atoms with Crippen molar-refractivity contribution in [2.75, 3.05) is 6.61 Å². The summed E-state index contributed by atoms with van der Waals surface area (Å²) in [5.74, 6) is -1.13. The lowest BCUT2D eigenvalue weighted by Gasteiger charge is -2.36. The maximum atomic E-state index is 13.0. The molecule has 0 saturated carbocycles. The minimum absolute atomic E-state index is 0.170. The van der Waals surface area contributed by atoms with Gasteiger partial charge in [0.2, 0.25) is 5.91 Å². The van der Waals surface area contributed by atoms with E-state index in [2.05, 4.69) is 6.07 Å². The fraction of sp³-hybridized carbons (Fsp3) is 0.333. The second kappa shape index (κ2) is 6.92. The molecular formula is C21H21NO4. The average Bonchev–Trinajstić information content (AvgIpc) is 2.67. The van der Waals surface area contributed by atoms with Gasteiger partial charge in [-0.05, 0) is 28.7 Å². The van der Waals surface area contributed by atoms with Gasteiger partial charge in [0, 0.05) is 13.0 Å². The Morgan fingerprint density at radius 3 is 2.50 bits per heavy atom. The zero-order valence-electron chi connectivity index (χ0n) is 14.4. The number of carbonyl (C=O) groups is 2. The van der Waals surface area contributed by atoms with Crippen molar-refractivity contribution in [1.82, 2.24) is 4.90 Å². The number of hydrogen-bond donors (Lipinski definition) is 1. The molecule has 4 rings (SSSR count). The van der Waals surface area contributed by atoms with Crippen LogP contribution in [0, 0.1) is 0 Å². The SMILES string of the molecule is O=C(O)[C@@H]1Cc2ccccc2CN1C(=O)C[C@@H]1OCCc2ccccc21. The zero-order chi connectivity index (χ0) is 18.1. The van der Waals surface area contributed by atoms with E-state index in [1.807, 2.05) is 42.5 Å². The van der Waals surface area contributed by atoms with Crippen LogP contribution in [-0.4, -0.2) is 34.5 Å². The Balaban J connectivity index is 1.57. The molecule has 2 aliphatic rings. The lowest BCUT2D eigenvalue weighted by molar-refractivity contribution is -0.152. The number of carboxylic acids is 1. The van der Waals surface area contributed by atoms with Crippen LogP contribution in [0.15, 0.2) is 48.5 Å². The largest absolute Gasteiger partial charge is 0.480 e. The minimum atomic E-state index is -0.960. The Morgan fingerprint density at radius 2 is 1.73 bits per heavy atom. The van der Waals surface area contributed by atoms with Gasteiger partial charge < -0.3 is 14.7 Å². The number of hydrogen-bond acceptors (Lipinski definition) is 3. The Morgan fingerprint density at radius 1 is 1.04 bits per heavy atom. The Hall–Kier alpha value is -2.66. The first-order valence-corrected chi connectivity index (χ1v) is 8.92. The first-order chi connectivity index (χ1) is 12.6. The molecule has 134 valence electrons. The highest BCUT2D eigenvalue weighted by Crippen LogP contribution is 2.32. The molecule has 1 N–H and O–H groups in total. The molecule has 0 aliphatic carbocycles. The summed E-state index contributed by atoms with van der Waals surface area (Å²) in [5.41, 5.74) is 4.26. The molecule has 2 aliphatic heterocycles. The molecule has 0 spiro atoms. The summed E-state index contributed by atoms with van der Waals surface area (Å²) in [6, 6.07) is 14.9. The van der Waals surface area contributed by atoms with Crippen molar-refractivity contribution in [2.24, 2.45) is 0 Å². The first kappa shape index (κ1) is 16.8. The van der Waals surface area contributed by atoms with Gasteiger partial charge in [-0.2, -0.15) is 0 Å². The monoisotopic (exact) mass is 351 g/mol. The van der Waals surface area contributed by atoms with Crippen molar-refractivity contribution in [3.8, 4) is 0 Å². The highest BCUT2D eigenvalue weighted by molar-refractivity contribution is 5.85. The number of fused-ring (bicyclic) bond motifs is 2. The number of amides is 1. The van der Waals surface area contributed by atoms with Crippen molar-refractivity contribution in [3.63, 3.8) is 0 Å². The highest BCUT2D eigenvalue weighted by atomic mass is 16.5. The zero-order valence-corrected chi connectivity index (χ0v) is 14.4. The third-order valence-corrected chi connectivity index (χ3v) is 5.31. The van der Waals surface area contributed by atoms with E-state index in [-0.39, 0.29) is 18.4 Å². The average molecular weight is 351 g/mol. The number of ether oxygens (including phenoxy) is 1. The standard InChI is InChI=1S/C21H21NO4/c23-20(12-19-17-8-4-3-5-14(17)9-10-26-19)22-13-16-7-2-1-6-15(16)11-18(22)21(24)25/h1-8,18-19H,9-13H2,(H,24,25)/t18-,19-/m0/s1. The molecule has 26 heavy (non-hydrogen) atoms. The van der Waals surface area contributed by atoms with Gasteiger partial charge in [-0.25, -0.2) is 4.79 Å². The topological polar surface area (TPSA) is 66.8 Å². The summed E-state index contributed by atoms with van der Waals surface area (Å²) in [5, 5.41) is 9.62. The lowest BCUT2D eigenvalue weighted by atomic mass is 9.92. The van der Waals surface area contributed by atoms with Gasteiger partial charge in [0.05, 0.1) is 19.1 Å². The van der Waals surface area contributed by atoms with E-state index < -0.39 is 12.0 Å². The van der Waals surface area contributed by atoms with E-state index in [1.165, 1.54) is 10.5 Å². The van der Waals surface area contributed by atoms with Crippen LogP contribution < -0.4 is 0 Å². The number of nitrogens with zero attached hydrogens (tertiary/aromatic N) is 1. The van der Waals surface area contributed by atoms with E-state index >= 15 is 0 Å².